The molecule has 10 heterocycles. The van der Waals surface area contributed by atoms with Gasteiger partial charge in [-0.25, -0.2) is 0 Å². The highest BCUT2D eigenvalue weighted by atomic mass is 16.8. The average Bonchev–Trinajstić information content (AvgIpc) is 2.61. The molecule has 10 aliphatic rings. The number of ether oxygens (including phenoxy) is 10. The molecule has 82 heavy (non-hydrogen) atoms. The number of carbonyl (C=O) groups excluding carboxylic acids is 6. The van der Waals surface area contributed by atoms with Gasteiger partial charge in [-0.3, -0.25) is 28.8 Å². The zero-order valence-corrected chi connectivity index (χ0v) is 47.8. The number of Topliss-reactive ketones (excluding diaryl/α,β-unsaturated/α-hetero) is 1. The van der Waals surface area contributed by atoms with E-state index < -0.39 is 97.1 Å². The number of carbonyl (C=O) groups is 6. The molecular formula is C59H86N6O17. The SMILES string of the molecule is C=C1[C@H](C)C[C@@H]2CC[C@@H]3O[C@@H](CC[C@@]45C[C@H]6OC7C(O[C@H]8CC[C@H](CC(=O)C[C@@H]9[C@@H](OC)[C@@H](C[C@H](O)CNC(=O)COCNC(=O)CNC(=O)[C@H](Cc%10ccccc%10)NC(=O)CNC(=O)CN)O[C@H]9C[C@H]1O2)O[C@@H]8[C@@H]7O4)[C@H]6O5)CC3(C)C. The molecule has 8 N–H and O–H groups in total. The van der Waals surface area contributed by atoms with Gasteiger partial charge in [0.15, 0.2) is 5.79 Å². The summed E-state index contributed by atoms with van der Waals surface area (Å²) in [6.45, 7) is 9.19. The maximum atomic E-state index is 14.5. The second-order valence-electron chi connectivity index (χ2n) is 24.9. The number of ketones is 1. The number of hydrogen-bond acceptors (Lipinski definition) is 18. The van der Waals surface area contributed by atoms with Gasteiger partial charge in [-0.05, 0) is 67.4 Å². The van der Waals surface area contributed by atoms with Gasteiger partial charge in [0.05, 0.1) is 86.8 Å². The molecule has 11 rings (SSSR count). The zero-order valence-electron chi connectivity index (χ0n) is 47.8. The van der Waals surface area contributed by atoms with Crippen LogP contribution in [-0.4, -0.2) is 197 Å². The van der Waals surface area contributed by atoms with E-state index in [1.165, 1.54) is 0 Å². The van der Waals surface area contributed by atoms with E-state index in [1.807, 2.05) is 6.07 Å². The summed E-state index contributed by atoms with van der Waals surface area (Å²) in [5, 5.41) is 24.0. The minimum atomic E-state index is -1.07. The monoisotopic (exact) mass is 1150 g/mol. The van der Waals surface area contributed by atoms with Crippen molar-refractivity contribution in [2.45, 2.75) is 220 Å². The first kappa shape index (κ1) is 60.6. The number of nitrogens with one attached hydrogen (secondary N) is 5. The lowest BCUT2D eigenvalue weighted by Crippen LogP contribution is -2.61. The Balaban J connectivity index is 0.736. The van der Waals surface area contributed by atoms with Gasteiger partial charge in [-0.2, -0.15) is 0 Å². The number of amides is 5. The van der Waals surface area contributed by atoms with Crippen molar-refractivity contribution in [3.63, 3.8) is 0 Å². The molecule has 12 bridgehead atoms. The molecule has 0 saturated carbocycles. The first-order valence-electron chi connectivity index (χ1n) is 29.7. The molecule has 20 atom stereocenters. The van der Waals surface area contributed by atoms with Crippen molar-refractivity contribution >= 4 is 35.3 Å². The van der Waals surface area contributed by atoms with Crippen LogP contribution in [0.3, 0.4) is 0 Å². The maximum Gasteiger partial charge on any atom is 0.246 e. The Morgan fingerprint density at radius 3 is 2.30 bits per heavy atom. The summed E-state index contributed by atoms with van der Waals surface area (Å²) < 4.78 is 66.4. The molecule has 0 aromatic heterocycles. The number of methoxy groups -OCH3 is 1. The quantitative estimate of drug-likeness (QED) is 0.0615. The van der Waals surface area contributed by atoms with Gasteiger partial charge in [-0.15, -0.1) is 0 Å². The second kappa shape index (κ2) is 26.4. The van der Waals surface area contributed by atoms with E-state index in [2.05, 4.69) is 53.9 Å². The van der Waals surface area contributed by atoms with Crippen LogP contribution in [0.4, 0.5) is 0 Å². The van der Waals surface area contributed by atoms with Crippen LogP contribution in [0.25, 0.3) is 0 Å². The summed E-state index contributed by atoms with van der Waals surface area (Å²) in [7, 11) is 1.58. The third-order valence-electron chi connectivity index (χ3n) is 18.5. The molecule has 2 unspecified atom stereocenters. The largest absolute Gasteiger partial charge is 0.391 e. The third kappa shape index (κ3) is 14.2. The highest BCUT2D eigenvalue weighted by Gasteiger charge is 2.69. The van der Waals surface area contributed by atoms with E-state index in [1.54, 1.807) is 31.4 Å². The first-order chi connectivity index (χ1) is 39.4. The molecule has 0 radical (unpaired) electrons. The smallest absolute Gasteiger partial charge is 0.246 e. The van der Waals surface area contributed by atoms with Gasteiger partial charge < -0.3 is 84.8 Å². The summed E-state index contributed by atoms with van der Waals surface area (Å²) in [6.07, 6.45) is 2.43. The highest BCUT2D eigenvalue weighted by molar-refractivity contribution is 5.92. The van der Waals surface area contributed by atoms with Crippen LogP contribution in [0.5, 0.6) is 0 Å². The highest BCUT2D eigenvalue weighted by Crippen LogP contribution is 2.55. The van der Waals surface area contributed by atoms with Crippen molar-refractivity contribution in [2.24, 2.45) is 23.0 Å². The number of rotatable bonds is 18. The molecule has 10 saturated heterocycles. The van der Waals surface area contributed by atoms with Crippen LogP contribution in [0.15, 0.2) is 42.5 Å². The predicted octanol–water partition coefficient (Wildman–Crippen LogP) is 1.07. The summed E-state index contributed by atoms with van der Waals surface area (Å²) in [4.78, 5) is 77.2. The lowest BCUT2D eigenvalue weighted by molar-refractivity contribution is -0.292. The Morgan fingerprint density at radius 1 is 0.756 bits per heavy atom. The van der Waals surface area contributed by atoms with E-state index >= 15 is 0 Å². The minimum absolute atomic E-state index is 0.00481. The van der Waals surface area contributed by atoms with Gasteiger partial charge in [-0.1, -0.05) is 57.7 Å². The molecule has 454 valence electrons. The number of benzene rings is 1. The minimum Gasteiger partial charge on any atom is -0.391 e. The fourth-order valence-electron chi connectivity index (χ4n) is 14.3. The van der Waals surface area contributed by atoms with Gasteiger partial charge >= 0.3 is 0 Å². The Kier molecular flexibility index (Phi) is 19.5. The van der Waals surface area contributed by atoms with Crippen LogP contribution < -0.4 is 32.3 Å². The second-order valence-corrected chi connectivity index (χ2v) is 24.9. The van der Waals surface area contributed by atoms with Crippen molar-refractivity contribution in [1.29, 1.82) is 0 Å². The van der Waals surface area contributed by atoms with Crippen LogP contribution in [0.1, 0.15) is 110 Å². The Morgan fingerprint density at radius 2 is 1.51 bits per heavy atom. The molecular weight excluding hydrogens is 1060 g/mol. The molecule has 1 aromatic rings. The van der Waals surface area contributed by atoms with Crippen molar-refractivity contribution < 1.29 is 81.2 Å². The number of nitrogens with two attached hydrogens (primary N) is 1. The first-order valence-corrected chi connectivity index (χ1v) is 29.7. The average molecular weight is 1150 g/mol. The van der Waals surface area contributed by atoms with Crippen LogP contribution in [-0.2, 0) is 82.6 Å². The summed E-state index contributed by atoms with van der Waals surface area (Å²) in [5.41, 5.74) is 6.98. The van der Waals surface area contributed by atoms with Crippen molar-refractivity contribution in [3.05, 3.63) is 48.0 Å². The molecule has 0 aliphatic carbocycles. The fraction of sp³-hybridized carbons (Fsp3) is 0.763. The fourth-order valence-corrected chi connectivity index (χ4v) is 14.3. The van der Waals surface area contributed by atoms with E-state index in [9.17, 15) is 33.9 Å². The number of fused-ring (bicyclic) bond motifs is 6. The normalized spacial score (nSPS) is 38.1. The van der Waals surface area contributed by atoms with E-state index in [0.717, 1.165) is 43.2 Å². The number of hydrogen-bond donors (Lipinski definition) is 7. The summed E-state index contributed by atoms with van der Waals surface area (Å²) in [6, 6.07) is 7.88. The molecule has 1 spiro atoms. The Labute approximate surface area is 479 Å². The zero-order chi connectivity index (χ0) is 57.9. The predicted molar refractivity (Wildman–Crippen MR) is 291 cm³/mol. The number of aliphatic hydroxyl groups is 1. The van der Waals surface area contributed by atoms with E-state index in [0.29, 0.717) is 32.1 Å². The topological polar surface area (TPSA) is 301 Å². The van der Waals surface area contributed by atoms with Crippen molar-refractivity contribution in [3.8, 4) is 0 Å². The Bertz CT molecular complexity index is 2460. The van der Waals surface area contributed by atoms with Gasteiger partial charge in [0.25, 0.3) is 0 Å². The standard InChI is InChI=1S/C59H86N6O17/c1-31-17-36-12-14-46-58(3,4)23-38(76-46)15-16-59-24-45-53(81-59)54-55(80-45)56(82-59)52-41(79-54)13-11-37(77-52)19-34(66)20-39-43(22-42(75-36)32(31)2)78-44(51(39)73-5)21-35(67)26-61-50(71)29-74-30-64-48(69)27-63-57(72)40(18-33-9-7-6-8-10-33)65-49(70)28-62-47(68)25-60/h6-10,31,35-46,51-56,67H,2,11-30,60H2,1,3-5H3,(H,61,71)(H,62,68)(H,63,72)(H,64,69)(H,65,70)/t31-,35+,36+,37-,38+,39+,40+,41+,42-,43+,44-,45-,46+,51-,52+,53+,54?,55?,56+,59+/m1/s1. The van der Waals surface area contributed by atoms with Crippen LogP contribution in [0.2, 0.25) is 0 Å². The lowest BCUT2D eigenvalue weighted by Gasteiger charge is -2.47. The summed E-state index contributed by atoms with van der Waals surface area (Å²) >= 11 is 0. The van der Waals surface area contributed by atoms with Gasteiger partial charge in [0, 0.05) is 64.5 Å². The molecule has 10 aliphatic heterocycles. The maximum absolute atomic E-state index is 14.5. The van der Waals surface area contributed by atoms with Crippen molar-refractivity contribution in [2.75, 3.05) is 46.6 Å². The Hall–Kier alpha value is -4.50. The van der Waals surface area contributed by atoms with Gasteiger partial charge in [0.2, 0.25) is 29.5 Å². The molecule has 10 fully saturated rings. The summed E-state index contributed by atoms with van der Waals surface area (Å²) in [5.74, 6) is -4.02. The molecule has 1 aromatic carbocycles. The van der Waals surface area contributed by atoms with Gasteiger partial charge in [0.1, 0.15) is 55.7 Å². The molecule has 5 amide bonds. The van der Waals surface area contributed by atoms with Crippen LogP contribution >= 0.6 is 0 Å². The van der Waals surface area contributed by atoms with E-state index in [4.69, 9.17) is 53.1 Å². The molecule has 23 nitrogen and oxygen atoms in total. The number of aliphatic hydroxyl groups excluding tert-OH is 1. The van der Waals surface area contributed by atoms with Crippen molar-refractivity contribution in [1.82, 2.24) is 26.6 Å². The lowest BCUT2D eigenvalue weighted by atomic mass is 9.79. The molecule has 23 heteroatoms. The third-order valence-corrected chi connectivity index (χ3v) is 18.5. The van der Waals surface area contributed by atoms with Crippen LogP contribution in [0, 0.1) is 17.3 Å². The van der Waals surface area contributed by atoms with E-state index in [-0.39, 0.29) is 130 Å².